The van der Waals surface area contributed by atoms with E-state index in [0.717, 1.165) is 26.2 Å². The van der Waals surface area contributed by atoms with Gasteiger partial charge in [0.25, 0.3) is 0 Å². The molecule has 0 saturated carbocycles. The minimum atomic E-state index is -0.0329. The van der Waals surface area contributed by atoms with Crippen LogP contribution in [0.25, 0.3) is 0 Å². The fourth-order valence-electron chi connectivity index (χ4n) is 2.43. The van der Waals surface area contributed by atoms with E-state index >= 15 is 0 Å². The third-order valence-corrected chi connectivity index (χ3v) is 4.98. The van der Waals surface area contributed by atoms with E-state index in [4.69, 9.17) is 0 Å². The Balaban J connectivity index is 1.97. The first-order chi connectivity index (χ1) is 9.11. The monoisotopic (exact) mass is 281 g/mol. The lowest BCUT2D eigenvalue weighted by molar-refractivity contribution is -0.137. The molecule has 19 heavy (non-hydrogen) atoms. The van der Waals surface area contributed by atoms with Crippen molar-refractivity contribution in [3.63, 3.8) is 0 Å². The number of carbonyl (C=O) groups is 1. The molecule has 1 fully saturated rings. The fourth-order valence-corrected chi connectivity index (χ4v) is 3.26. The van der Waals surface area contributed by atoms with Gasteiger partial charge < -0.3 is 10.2 Å². The van der Waals surface area contributed by atoms with Crippen LogP contribution in [0.5, 0.6) is 0 Å². The van der Waals surface area contributed by atoms with Crippen molar-refractivity contribution in [1.82, 2.24) is 15.1 Å². The maximum atomic E-state index is 12.5. The van der Waals surface area contributed by atoms with E-state index in [0.29, 0.717) is 0 Å². The van der Waals surface area contributed by atoms with Crippen molar-refractivity contribution in [3.05, 3.63) is 22.4 Å². The van der Waals surface area contributed by atoms with Gasteiger partial charge in [-0.2, -0.15) is 0 Å². The Morgan fingerprint density at radius 1 is 1.42 bits per heavy atom. The highest BCUT2D eigenvalue weighted by molar-refractivity contribution is 7.10. The third-order valence-electron chi connectivity index (χ3n) is 3.94. The number of amides is 1. The Kier molecular flexibility index (Phi) is 4.96. The molecule has 1 aromatic heterocycles. The van der Waals surface area contributed by atoms with Crippen molar-refractivity contribution in [1.29, 1.82) is 0 Å². The highest BCUT2D eigenvalue weighted by Crippen LogP contribution is 2.24. The highest BCUT2D eigenvalue weighted by Gasteiger charge is 2.27. The smallest absolute Gasteiger partial charge is 0.239 e. The van der Waals surface area contributed by atoms with Gasteiger partial charge in [0.05, 0.1) is 12.1 Å². The molecule has 1 saturated heterocycles. The number of hydrogen-bond donors (Lipinski definition) is 1. The van der Waals surface area contributed by atoms with Crippen LogP contribution in [0, 0.1) is 0 Å². The van der Waals surface area contributed by atoms with Crippen LogP contribution in [0.15, 0.2) is 17.5 Å². The van der Waals surface area contributed by atoms with Gasteiger partial charge in [0, 0.05) is 38.1 Å². The molecule has 0 aromatic carbocycles. The molecule has 5 heteroatoms. The van der Waals surface area contributed by atoms with Crippen molar-refractivity contribution in [3.8, 4) is 0 Å². The van der Waals surface area contributed by atoms with E-state index in [2.05, 4.69) is 28.6 Å². The van der Waals surface area contributed by atoms with Gasteiger partial charge in [-0.25, -0.2) is 0 Å². The Bertz CT molecular complexity index is 401. The minimum absolute atomic E-state index is 0.0329. The first-order valence-corrected chi connectivity index (χ1v) is 7.74. The number of likely N-dealkylation sites (N-methyl/N-ethyl adjacent to an activating group) is 1. The highest BCUT2D eigenvalue weighted by atomic mass is 32.1. The summed E-state index contributed by atoms with van der Waals surface area (Å²) in [5.41, 5.74) is 0. The Hall–Kier alpha value is -0.910. The van der Waals surface area contributed by atoms with Gasteiger partial charge in [-0.05, 0) is 25.3 Å². The summed E-state index contributed by atoms with van der Waals surface area (Å²) in [4.78, 5) is 17.9. The lowest BCUT2D eigenvalue weighted by Gasteiger charge is -2.35. The summed E-state index contributed by atoms with van der Waals surface area (Å²) in [7, 11) is 1.91. The normalized spacial score (nSPS) is 19.9. The molecule has 1 amide bonds. The number of carbonyl (C=O) groups excluding carboxylic acids is 1. The van der Waals surface area contributed by atoms with Crippen LogP contribution in [0.2, 0.25) is 0 Å². The molecule has 1 aromatic rings. The van der Waals surface area contributed by atoms with Crippen molar-refractivity contribution in [2.24, 2.45) is 0 Å². The van der Waals surface area contributed by atoms with Crippen LogP contribution in [-0.2, 0) is 4.79 Å². The molecular formula is C14H23N3OS. The molecule has 1 aliphatic rings. The Labute approximate surface area is 119 Å². The van der Waals surface area contributed by atoms with E-state index in [1.807, 2.05) is 24.9 Å². The van der Waals surface area contributed by atoms with E-state index in [1.54, 1.807) is 11.3 Å². The third kappa shape index (κ3) is 3.35. The maximum Gasteiger partial charge on any atom is 0.239 e. The fraction of sp³-hybridized carbons (Fsp3) is 0.643. The second-order valence-electron chi connectivity index (χ2n) is 5.10. The standard InChI is InChI=1S/C14H23N3OS/c1-11(13-5-4-10-19-13)16(3)14(18)12(2)17-8-6-15-7-9-17/h4-5,10-12,15H,6-9H2,1-3H3. The molecule has 4 nitrogen and oxygen atoms in total. The zero-order chi connectivity index (χ0) is 13.8. The van der Waals surface area contributed by atoms with Crippen LogP contribution in [0.3, 0.4) is 0 Å². The molecule has 1 aliphatic heterocycles. The number of nitrogens with one attached hydrogen (secondary N) is 1. The average Bonchev–Trinajstić information content (AvgIpc) is 2.99. The van der Waals surface area contributed by atoms with E-state index in [1.165, 1.54) is 4.88 Å². The molecule has 2 unspecified atom stereocenters. The largest absolute Gasteiger partial charge is 0.337 e. The van der Waals surface area contributed by atoms with E-state index in [-0.39, 0.29) is 18.0 Å². The molecule has 0 spiro atoms. The van der Waals surface area contributed by atoms with Crippen LogP contribution >= 0.6 is 11.3 Å². The van der Waals surface area contributed by atoms with Crippen molar-refractivity contribution >= 4 is 17.2 Å². The maximum absolute atomic E-state index is 12.5. The Morgan fingerprint density at radius 2 is 2.11 bits per heavy atom. The summed E-state index contributed by atoms with van der Waals surface area (Å²) in [5.74, 6) is 0.211. The van der Waals surface area contributed by atoms with Crippen molar-refractivity contribution in [2.45, 2.75) is 25.9 Å². The van der Waals surface area contributed by atoms with Crippen LogP contribution in [0.1, 0.15) is 24.8 Å². The average molecular weight is 281 g/mol. The second-order valence-corrected chi connectivity index (χ2v) is 6.08. The predicted octanol–water partition coefficient (Wildman–Crippen LogP) is 1.56. The van der Waals surface area contributed by atoms with E-state index < -0.39 is 0 Å². The summed E-state index contributed by atoms with van der Waals surface area (Å²) in [5, 5.41) is 5.38. The van der Waals surface area contributed by atoms with Gasteiger partial charge in [-0.1, -0.05) is 6.07 Å². The first-order valence-electron chi connectivity index (χ1n) is 6.86. The lowest BCUT2D eigenvalue weighted by atomic mass is 10.1. The number of hydrogen-bond acceptors (Lipinski definition) is 4. The van der Waals surface area contributed by atoms with Crippen LogP contribution in [-0.4, -0.2) is 55.0 Å². The zero-order valence-electron chi connectivity index (χ0n) is 11.9. The minimum Gasteiger partial charge on any atom is -0.337 e. The topological polar surface area (TPSA) is 35.6 Å². The molecule has 2 heterocycles. The summed E-state index contributed by atoms with van der Waals surface area (Å²) >= 11 is 1.71. The van der Waals surface area contributed by atoms with Gasteiger partial charge in [0.1, 0.15) is 0 Å². The van der Waals surface area contributed by atoms with Crippen molar-refractivity contribution < 1.29 is 4.79 Å². The molecule has 0 aliphatic carbocycles. The van der Waals surface area contributed by atoms with Crippen molar-refractivity contribution in [2.75, 3.05) is 33.2 Å². The quantitative estimate of drug-likeness (QED) is 0.910. The zero-order valence-corrected chi connectivity index (χ0v) is 12.7. The SMILES string of the molecule is CC(C(=O)N(C)C(C)c1cccs1)N1CCNCC1. The number of nitrogens with zero attached hydrogens (tertiary/aromatic N) is 2. The van der Waals surface area contributed by atoms with Gasteiger partial charge in [-0.3, -0.25) is 9.69 Å². The summed E-state index contributed by atoms with van der Waals surface area (Å²) in [6.07, 6.45) is 0. The van der Waals surface area contributed by atoms with Crippen LogP contribution < -0.4 is 5.32 Å². The number of thiophene rings is 1. The molecule has 0 bridgehead atoms. The molecule has 0 radical (unpaired) electrons. The van der Waals surface area contributed by atoms with Gasteiger partial charge in [0.15, 0.2) is 0 Å². The van der Waals surface area contributed by atoms with Crippen LogP contribution in [0.4, 0.5) is 0 Å². The summed E-state index contributed by atoms with van der Waals surface area (Å²) in [6.45, 7) is 7.96. The second kappa shape index (κ2) is 6.50. The van der Waals surface area contributed by atoms with E-state index in [9.17, 15) is 4.79 Å². The Morgan fingerprint density at radius 3 is 2.68 bits per heavy atom. The number of rotatable bonds is 4. The molecule has 1 N–H and O–H groups in total. The first kappa shape index (κ1) is 14.5. The van der Waals surface area contributed by atoms with Gasteiger partial charge in [0.2, 0.25) is 5.91 Å². The predicted molar refractivity (Wildman–Crippen MR) is 79.4 cm³/mol. The lowest BCUT2D eigenvalue weighted by Crippen LogP contribution is -2.53. The van der Waals surface area contributed by atoms with Gasteiger partial charge in [-0.15, -0.1) is 11.3 Å². The molecule has 2 rings (SSSR count). The molecular weight excluding hydrogens is 258 g/mol. The number of piperazine rings is 1. The molecule has 106 valence electrons. The summed E-state index contributed by atoms with van der Waals surface area (Å²) in [6, 6.07) is 4.25. The van der Waals surface area contributed by atoms with Gasteiger partial charge >= 0.3 is 0 Å². The summed E-state index contributed by atoms with van der Waals surface area (Å²) < 4.78 is 0. The molecule has 2 atom stereocenters.